The van der Waals surface area contributed by atoms with Crippen LogP contribution in [0.15, 0.2) is 82.2 Å². The highest BCUT2D eigenvalue weighted by atomic mass is 79.9. The second kappa shape index (κ2) is 13.5. The number of nitrogens with zero attached hydrogens (tertiary/aromatic N) is 2. The largest absolute Gasteiger partial charge is 0.352 e. The number of amides is 2. The first-order chi connectivity index (χ1) is 18.4. The summed E-state index contributed by atoms with van der Waals surface area (Å²) < 4.78 is 29.5. The molecular weight excluding hydrogens is 602 g/mol. The lowest BCUT2D eigenvalue weighted by Crippen LogP contribution is -2.52. The Bertz CT molecular complexity index is 1400. The van der Waals surface area contributed by atoms with E-state index in [0.29, 0.717) is 10.7 Å². The Morgan fingerprint density at radius 1 is 1.00 bits per heavy atom. The first-order valence-corrected chi connectivity index (χ1v) is 15.2. The van der Waals surface area contributed by atoms with Gasteiger partial charge in [0, 0.05) is 22.1 Å². The predicted molar refractivity (Wildman–Crippen MR) is 159 cm³/mol. The van der Waals surface area contributed by atoms with Gasteiger partial charge in [0.05, 0.1) is 10.6 Å². The Balaban J connectivity index is 2.02. The first-order valence-electron chi connectivity index (χ1n) is 12.6. The zero-order valence-electron chi connectivity index (χ0n) is 22.4. The summed E-state index contributed by atoms with van der Waals surface area (Å²) in [5, 5.41) is 3.41. The molecule has 0 saturated heterocycles. The smallest absolute Gasteiger partial charge is 0.264 e. The van der Waals surface area contributed by atoms with E-state index in [1.165, 1.54) is 17.0 Å². The van der Waals surface area contributed by atoms with Crippen molar-refractivity contribution in [1.82, 2.24) is 10.2 Å². The lowest BCUT2D eigenvalue weighted by Gasteiger charge is -2.32. The zero-order chi connectivity index (χ0) is 28.7. The van der Waals surface area contributed by atoms with Crippen LogP contribution in [0.3, 0.4) is 0 Å². The molecule has 10 heteroatoms. The van der Waals surface area contributed by atoms with Crippen LogP contribution >= 0.6 is 27.5 Å². The number of halogens is 2. The van der Waals surface area contributed by atoms with Crippen molar-refractivity contribution in [1.29, 1.82) is 0 Å². The molecule has 0 aliphatic rings. The highest BCUT2D eigenvalue weighted by Gasteiger charge is 2.32. The van der Waals surface area contributed by atoms with Gasteiger partial charge < -0.3 is 10.2 Å². The van der Waals surface area contributed by atoms with Gasteiger partial charge >= 0.3 is 0 Å². The second-order valence-electron chi connectivity index (χ2n) is 9.45. The van der Waals surface area contributed by atoms with E-state index in [1.807, 2.05) is 20.8 Å². The van der Waals surface area contributed by atoms with E-state index in [4.69, 9.17) is 11.6 Å². The molecular formula is C29H33BrClN3O4S. The molecule has 0 spiro atoms. The third-order valence-electron chi connectivity index (χ3n) is 6.41. The highest BCUT2D eigenvalue weighted by molar-refractivity contribution is 9.10. The average Bonchev–Trinajstić information content (AvgIpc) is 2.90. The quantitative estimate of drug-likeness (QED) is 0.283. The van der Waals surface area contributed by atoms with Gasteiger partial charge in [-0.1, -0.05) is 64.3 Å². The number of nitrogens with one attached hydrogen (secondary N) is 1. The number of hydrogen-bond donors (Lipinski definition) is 1. The van der Waals surface area contributed by atoms with Crippen LogP contribution < -0.4 is 9.62 Å². The molecule has 3 aromatic rings. The van der Waals surface area contributed by atoms with E-state index in [0.717, 1.165) is 26.3 Å². The minimum Gasteiger partial charge on any atom is -0.352 e. The van der Waals surface area contributed by atoms with E-state index in [-0.39, 0.29) is 23.4 Å². The summed E-state index contributed by atoms with van der Waals surface area (Å²) in [6, 6.07) is 19.2. The van der Waals surface area contributed by atoms with E-state index < -0.39 is 28.5 Å². The topological polar surface area (TPSA) is 86.8 Å². The molecule has 1 N–H and O–H groups in total. The molecule has 0 aromatic heterocycles. The van der Waals surface area contributed by atoms with E-state index in [2.05, 4.69) is 21.2 Å². The van der Waals surface area contributed by atoms with Gasteiger partial charge in [-0.15, -0.1) is 0 Å². The van der Waals surface area contributed by atoms with Crippen LogP contribution in [0.5, 0.6) is 0 Å². The molecule has 0 saturated carbocycles. The molecule has 0 bridgehead atoms. The summed E-state index contributed by atoms with van der Waals surface area (Å²) >= 11 is 9.56. The Morgan fingerprint density at radius 3 is 2.23 bits per heavy atom. The summed E-state index contributed by atoms with van der Waals surface area (Å²) in [5.41, 5.74) is 1.95. The van der Waals surface area contributed by atoms with Crippen molar-refractivity contribution in [2.75, 3.05) is 10.8 Å². The van der Waals surface area contributed by atoms with Crippen molar-refractivity contribution < 1.29 is 18.0 Å². The zero-order valence-corrected chi connectivity index (χ0v) is 25.6. The number of sulfonamides is 1. The highest BCUT2D eigenvalue weighted by Crippen LogP contribution is 2.26. The monoisotopic (exact) mass is 633 g/mol. The maximum atomic E-state index is 13.9. The Kier molecular flexibility index (Phi) is 10.6. The van der Waals surface area contributed by atoms with Crippen molar-refractivity contribution in [2.24, 2.45) is 0 Å². The summed E-state index contributed by atoms with van der Waals surface area (Å²) in [7, 11) is -4.11. The number of benzene rings is 3. The van der Waals surface area contributed by atoms with Gasteiger partial charge in [-0.2, -0.15) is 0 Å². The number of rotatable bonds is 11. The average molecular weight is 635 g/mol. The van der Waals surface area contributed by atoms with E-state index >= 15 is 0 Å². The van der Waals surface area contributed by atoms with Gasteiger partial charge in [-0.05, 0) is 81.3 Å². The van der Waals surface area contributed by atoms with Crippen LogP contribution in [0.1, 0.15) is 38.3 Å². The lowest BCUT2D eigenvalue weighted by atomic mass is 10.1. The Hall–Kier alpha value is -2.88. The van der Waals surface area contributed by atoms with Crippen LogP contribution in [-0.2, 0) is 26.2 Å². The van der Waals surface area contributed by atoms with Crippen molar-refractivity contribution in [2.45, 2.75) is 57.6 Å². The molecule has 0 aliphatic heterocycles. The molecule has 2 atom stereocenters. The van der Waals surface area contributed by atoms with Crippen LogP contribution in [0.25, 0.3) is 0 Å². The summed E-state index contributed by atoms with van der Waals surface area (Å²) in [6.07, 6.45) is 0.729. The van der Waals surface area contributed by atoms with Crippen molar-refractivity contribution in [3.8, 4) is 0 Å². The molecule has 0 fully saturated rings. The summed E-state index contributed by atoms with van der Waals surface area (Å²) in [5.74, 6) is -0.850. The molecule has 7 nitrogen and oxygen atoms in total. The molecule has 0 aliphatic carbocycles. The number of aryl methyl sites for hydroxylation is 1. The minimum absolute atomic E-state index is 0.0628. The Labute approximate surface area is 244 Å². The van der Waals surface area contributed by atoms with Crippen LogP contribution in [-0.4, -0.2) is 43.8 Å². The van der Waals surface area contributed by atoms with Gasteiger partial charge in [0.15, 0.2) is 0 Å². The van der Waals surface area contributed by atoms with Gasteiger partial charge in [-0.3, -0.25) is 13.9 Å². The molecule has 2 amide bonds. The number of hydrogen-bond acceptors (Lipinski definition) is 4. The summed E-state index contributed by atoms with van der Waals surface area (Å²) in [6.45, 7) is 6.92. The fraction of sp³-hybridized carbons (Fsp3) is 0.310. The van der Waals surface area contributed by atoms with Gasteiger partial charge in [0.2, 0.25) is 11.8 Å². The lowest BCUT2D eigenvalue weighted by molar-refractivity contribution is -0.139. The van der Waals surface area contributed by atoms with Gasteiger partial charge in [-0.25, -0.2) is 8.42 Å². The van der Waals surface area contributed by atoms with Crippen LogP contribution in [0.2, 0.25) is 5.02 Å². The predicted octanol–water partition coefficient (Wildman–Crippen LogP) is 5.94. The van der Waals surface area contributed by atoms with Crippen LogP contribution in [0, 0.1) is 6.92 Å². The molecule has 3 aromatic carbocycles. The number of carbonyl (C=O) groups excluding carboxylic acids is 2. The molecule has 3 rings (SSSR count). The van der Waals surface area contributed by atoms with Gasteiger partial charge in [0.25, 0.3) is 10.0 Å². The van der Waals surface area contributed by atoms with Crippen molar-refractivity contribution >= 4 is 55.1 Å². The standard InChI is InChI=1S/C29H33BrClN3O4S/c1-5-21(3)32-29(36)22(4)33(18-23-7-6-8-25(31)17-23)28(35)19-34(26-13-11-24(30)12-14-26)39(37,38)27-15-9-20(2)10-16-27/h6-17,21-22H,5,18-19H2,1-4H3,(H,32,36). The van der Waals surface area contributed by atoms with E-state index in [9.17, 15) is 18.0 Å². The van der Waals surface area contributed by atoms with E-state index in [1.54, 1.807) is 67.6 Å². The molecule has 2 unspecified atom stereocenters. The fourth-order valence-electron chi connectivity index (χ4n) is 3.85. The molecule has 0 radical (unpaired) electrons. The van der Waals surface area contributed by atoms with Crippen molar-refractivity contribution in [3.05, 3.63) is 93.4 Å². The minimum atomic E-state index is -4.11. The SMILES string of the molecule is CCC(C)NC(=O)C(C)N(Cc1cccc(Cl)c1)C(=O)CN(c1ccc(Br)cc1)S(=O)(=O)c1ccc(C)cc1. The molecule has 0 heterocycles. The second-order valence-corrected chi connectivity index (χ2v) is 12.7. The Morgan fingerprint density at radius 2 is 1.64 bits per heavy atom. The third-order valence-corrected chi connectivity index (χ3v) is 8.96. The van der Waals surface area contributed by atoms with Gasteiger partial charge in [0.1, 0.15) is 12.6 Å². The molecule has 208 valence electrons. The first kappa shape index (κ1) is 30.7. The maximum absolute atomic E-state index is 13.9. The van der Waals surface area contributed by atoms with Crippen molar-refractivity contribution in [3.63, 3.8) is 0 Å². The fourth-order valence-corrected chi connectivity index (χ4v) is 5.75. The third kappa shape index (κ3) is 8.06. The number of carbonyl (C=O) groups is 2. The maximum Gasteiger partial charge on any atom is 0.264 e. The summed E-state index contributed by atoms with van der Waals surface area (Å²) in [4.78, 5) is 28.5. The normalized spacial score (nSPS) is 12.9. The number of anilines is 1. The molecule has 39 heavy (non-hydrogen) atoms. The van der Waals surface area contributed by atoms with Crippen LogP contribution in [0.4, 0.5) is 5.69 Å².